The first-order valence-electron chi connectivity index (χ1n) is 7.80. The lowest BCUT2D eigenvalue weighted by Crippen LogP contribution is -2.16. The lowest BCUT2D eigenvalue weighted by atomic mass is 9.99. The number of halogens is 2. The molecule has 0 saturated heterocycles. The van der Waals surface area contributed by atoms with E-state index in [2.05, 4.69) is 69.3 Å². The largest absolute Gasteiger partial charge is 0.313 e. The summed E-state index contributed by atoms with van der Waals surface area (Å²) in [7, 11) is 2.06. The molecule has 0 bridgehead atoms. The quantitative estimate of drug-likeness (QED) is 0.432. The SMILES string of the molecule is CCCCCCCCCC(NC)c1cc(Br)cc(Br)c1. The van der Waals surface area contributed by atoms with E-state index < -0.39 is 0 Å². The summed E-state index contributed by atoms with van der Waals surface area (Å²) < 4.78 is 2.28. The first-order chi connectivity index (χ1) is 9.67. The Bertz CT molecular complexity index is 359. The Hall–Kier alpha value is 0.140. The third-order valence-corrected chi connectivity index (χ3v) is 4.65. The Morgan fingerprint density at radius 1 is 0.900 bits per heavy atom. The van der Waals surface area contributed by atoms with Crippen LogP contribution in [-0.2, 0) is 0 Å². The Balaban J connectivity index is 2.32. The topological polar surface area (TPSA) is 12.0 Å². The molecule has 1 aromatic rings. The minimum absolute atomic E-state index is 0.458. The van der Waals surface area contributed by atoms with Gasteiger partial charge in [-0.3, -0.25) is 0 Å². The van der Waals surface area contributed by atoms with E-state index in [1.165, 1.54) is 56.9 Å². The van der Waals surface area contributed by atoms with Crippen LogP contribution < -0.4 is 5.32 Å². The lowest BCUT2D eigenvalue weighted by Gasteiger charge is -2.17. The zero-order valence-corrected chi connectivity index (χ0v) is 15.9. The van der Waals surface area contributed by atoms with Crippen LogP contribution in [0.4, 0.5) is 0 Å². The third kappa shape index (κ3) is 7.24. The molecule has 114 valence electrons. The van der Waals surface area contributed by atoms with E-state index in [9.17, 15) is 0 Å². The van der Waals surface area contributed by atoms with E-state index in [-0.39, 0.29) is 0 Å². The van der Waals surface area contributed by atoms with Crippen LogP contribution in [0.15, 0.2) is 27.1 Å². The van der Waals surface area contributed by atoms with E-state index in [0.717, 1.165) is 8.95 Å². The van der Waals surface area contributed by atoms with E-state index in [4.69, 9.17) is 0 Å². The van der Waals surface area contributed by atoms with E-state index in [1.807, 2.05) is 0 Å². The maximum absolute atomic E-state index is 3.57. The van der Waals surface area contributed by atoms with Gasteiger partial charge in [-0.05, 0) is 37.2 Å². The van der Waals surface area contributed by atoms with Crippen LogP contribution in [-0.4, -0.2) is 7.05 Å². The van der Waals surface area contributed by atoms with Crippen molar-refractivity contribution in [1.82, 2.24) is 5.32 Å². The highest BCUT2D eigenvalue weighted by atomic mass is 79.9. The maximum Gasteiger partial charge on any atom is 0.0318 e. The summed E-state index contributed by atoms with van der Waals surface area (Å²) in [6, 6.07) is 6.98. The van der Waals surface area contributed by atoms with Crippen molar-refractivity contribution in [3.8, 4) is 0 Å². The smallest absolute Gasteiger partial charge is 0.0318 e. The molecule has 0 aliphatic carbocycles. The zero-order valence-electron chi connectivity index (χ0n) is 12.7. The molecule has 0 spiro atoms. The average Bonchev–Trinajstić information content (AvgIpc) is 2.41. The lowest BCUT2D eigenvalue weighted by molar-refractivity contribution is 0.495. The molecule has 1 nitrogen and oxygen atoms in total. The molecule has 3 heteroatoms. The highest BCUT2D eigenvalue weighted by molar-refractivity contribution is 9.11. The summed E-state index contributed by atoms with van der Waals surface area (Å²) in [5.74, 6) is 0. The molecule has 20 heavy (non-hydrogen) atoms. The second kappa shape index (κ2) is 10.8. The minimum Gasteiger partial charge on any atom is -0.313 e. The molecule has 0 aromatic heterocycles. The third-order valence-electron chi connectivity index (χ3n) is 3.73. The summed E-state index contributed by atoms with van der Waals surface area (Å²) in [5.41, 5.74) is 1.36. The van der Waals surface area contributed by atoms with Gasteiger partial charge in [0.15, 0.2) is 0 Å². The Kier molecular flexibility index (Phi) is 9.83. The van der Waals surface area contributed by atoms with Gasteiger partial charge >= 0.3 is 0 Å². The molecule has 0 amide bonds. The number of hydrogen-bond donors (Lipinski definition) is 1. The van der Waals surface area contributed by atoms with Crippen molar-refractivity contribution in [2.75, 3.05) is 7.05 Å². The van der Waals surface area contributed by atoms with Gasteiger partial charge in [-0.2, -0.15) is 0 Å². The molecule has 0 radical (unpaired) electrons. The van der Waals surface area contributed by atoms with Gasteiger partial charge in [0.05, 0.1) is 0 Å². The average molecular weight is 405 g/mol. The van der Waals surface area contributed by atoms with Gasteiger partial charge in [-0.15, -0.1) is 0 Å². The van der Waals surface area contributed by atoms with Crippen LogP contribution in [0, 0.1) is 0 Å². The van der Waals surface area contributed by atoms with Gasteiger partial charge in [0, 0.05) is 15.0 Å². The first kappa shape index (κ1) is 18.2. The molecule has 1 N–H and O–H groups in total. The molecule has 0 aliphatic heterocycles. The molecule has 0 fully saturated rings. The van der Waals surface area contributed by atoms with Gasteiger partial charge in [0.2, 0.25) is 0 Å². The van der Waals surface area contributed by atoms with Crippen molar-refractivity contribution in [1.29, 1.82) is 0 Å². The Morgan fingerprint density at radius 3 is 2.00 bits per heavy atom. The standard InChI is InChI=1S/C17H27Br2N/c1-3-4-5-6-7-8-9-10-17(20-2)14-11-15(18)13-16(19)12-14/h11-13,17,20H,3-10H2,1-2H3. The van der Waals surface area contributed by atoms with Crippen molar-refractivity contribution < 1.29 is 0 Å². The predicted molar refractivity (Wildman–Crippen MR) is 96.3 cm³/mol. The fraction of sp³-hybridized carbons (Fsp3) is 0.647. The van der Waals surface area contributed by atoms with Crippen LogP contribution in [0.5, 0.6) is 0 Å². The number of unbranched alkanes of at least 4 members (excludes halogenated alkanes) is 6. The van der Waals surface area contributed by atoms with Gasteiger partial charge < -0.3 is 5.32 Å². The van der Waals surface area contributed by atoms with Crippen LogP contribution in [0.25, 0.3) is 0 Å². The van der Waals surface area contributed by atoms with E-state index >= 15 is 0 Å². The number of hydrogen-bond acceptors (Lipinski definition) is 1. The zero-order chi connectivity index (χ0) is 14.8. The molecule has 0 aliphatic rings. The van der Waals surface area contributed by atoms with Crippen molar-refractivity contribution in [2.45, 2.75) is 64.3 Å². The molecule has 1 unspecified atom stereocenters. The Labute approximate surface area is 141 Å². The number of rotatable bonds is 10. The fourth-order valence-corrected chi connectivity index (χ4v) is 3.89. The fourth-order valence-electron chi connectivity index (χ4n) is 2.56. The predicted octanol–water partition coefficient (Wildman–Crippen LogP) is 6.61. The van der Waals surface area contributed by atoms with E-state index in [0.29, 0.717) is 6.04 Å². The van der Waals surface area contributed by atoms with E-state index in [1.54, 1.807) is 0 Å². The van der Waals surface area contributed by atoms with Crippen LogP contribution >= 0.6 is 31.9 Å². The molecule has 0 saturated carbocycles. The van der Waals surface area contributed by atoms with Gasteiger partial charge in [-0.1, -0.05) is 83.7 Å². The maximum atomic E-state index is 3.57. The second-order valence-corrected chi connectivity index (χ2v) is 7.29. The summed E-state index contributed by atoms with van der Waals surface area (Å²) in [6.45, 7) is 2.27. The molecular formula is C17H27Br2N. The molecule has 1 atom stereocenters. The summed E-state index contributed by atoms with van der Waals surface area (Å²) in [4.78, 5) is 0. The van der Waals surface area contributed by atoms with Crippen LogP contribution in [0.1, 0.15) is 69.9 Å². The van der Waals surface area contributed by atoms with Crippen LogP contribution in [0.2, 0.25) is 0 Å². The van der Waals surface area contributed by atoms with Crippen LogP contribution in [0.3, 0.4) is 0 Å². The van der Waals surface area contributed by atoms with Gasteiger partial charge in [0.1, 0.15) is 0 Å². The first-order valence-corrected chi connectivity index (χ1v) is 9.39. The molecular weight excluding hydrogens is 378 g/mol. The second-order valence-electron chi connectivity index (χ2n) is 5.45. The van der Waals surface area contributed by atoms with Crippen molar-refractivity contribution in [3.63, 3.8) is 0 Å². The minimum atomic E-state index is 0.458. The van der Waals surface area contributed by atoms with Crippen molar-refractivity contribution in [2.24, 2.45) is 0 Å². The van der Waals surface area contributed by atoms with Crippen molar-refractivity contribution >= 4 is 31.9 Å². The summed E-state index contributed by atoms with van der Waals surface area (Å²) in [5, 5.41) is 3.44. The number of nitrogens with one attached hydrogen (secondary N) is 1. The molecule has 1 aromatic carbocycles. The van der Waals surface area contributed by atoms with Gasteiger partial charge in [0.25, 0.3) is 0 Å². The number of benzene rings is 1. The highest BCUT2D eigenvalue weighted by Crippen LogP contribution is 2.27. The van der Waals surface area contributed by atoms with Gasteiger partial charge in [-0.25, -0.2) is 0 Å². The summed E-state index contributed by atoms with van der Waals surface area (Å²) >= 11 is 7.14. The molecule has 0 heterocycles. The molecule has 1 rings (SSSR count). The normalized spacial score (nSPS) is 12.6. The van der Waals surface area contributed by atoms with Crippen molar-refractivity contribution in [3.05, 3.63) is 32.7 Å². The summed E-state index contributed by atoms with van der Waals surface area (Å²) in [6.07, 6.45) is 10.8. The Morgan fingerprint density at radius 2 is 1.45 bits per heavy atom. The monoisotopic (exact) mass is 403 g/mol. The highest BCUT2D eigenvalue weighted by Gasteiger charge is 2.10.